The molecule has 0 radical (unpaired) electrons. The topological polar surface area (TPSA) is 51.2 Å². The van der Waals surface area contributed by atoms with E-state index in [4.69, 9.17) is 4.74 Å². The average Bonchev–Trinajstić information content (AvgIpc) is 3.02. The zero-order chi connectivity index (χ0) is 15.4. The largest absolute Gasteiger partial charge is 0.371 e. The van der Waals surface area contributed by atoms with Gasteiger partial charge in [-0.25, -0.2) is 4.98 Å². The smallest absolute Gasteiger partial charge is 0.270 e. The number of rotatable bonds is 5. The monoisotopic (exact) mass is 316 g/mol. The fraction of sp³-hybridized carbons (Fsp3) is 0.412. The summed E-state index contributed by atoms with van der Waals surface area (Å²) in [5.74, 6) is -0.120. The van der Waals surface area contributed by atoms with Gasteiger partial charge in [0.25, 0.3) is 5.91 Å². The van der Waals surface area contributed by atoms with Gasteiger partial charge in [0, 0.05) is 11.9 Å². The molecule has 3 rings (SSSR count). The van der Waals surface area contributed by atoms with Gasteiger partial charge in [-0.05, 0) is 30.4 Å². The third-order valence-electron chi connectivity index (χ3n) is 3.79. The summed E-state index contributed by atoms with van der Waals surface area (Å²) in [6, 6.07) is 8.27. The number of hydrogen-bond acceptors (Lipinski definition) is 4. The van der Waals surface area contributed by atoms with Gasteiger partial charge in [-0.3, -0.25) is 4.79 Å². The molecule has 0 fully saturated rings. The van der Waals surface area contributed by atoms with Crippen LogP contribution in [0.4, 0.5) is 0 Å². The van der Waals surface area contributed by atoms with Crippen molar-refractivity contribution in [1.82, 2.24) is 10.3 Å². The summed E-state index contributed by atoms with van der Waals surface area (Å²) in [6.45, 7) is 3.30. The summed E-state index contributed by atoms with van der Waals surface area (Å²) in [5.41, 5.74) is 3.00. The SMILES string of the molecule is CCCc1nc(C(=O)NC[C@H]2OCCc3ccccc32)cs1. The van der Waals surface area contributed by atoms with E-state index < -0.39 is 0 Å². The standard InChI is InChI=1S/C17H20N2O2S/c1-2-5-16-19-14(11-22-16)17(20)18-10-15-13-7-4-3-6-12(13)8-9-21-15/h3-4,6-7,11,15H,2,5,8-10H2,1H3,(H,18,20)/t15-/m1/s1. The lowest BCUT2D eigenvalue weighted by atomic mass is 9.97. The number of ether oxygens (including phenoxy) is 1. The maximum Gasteiger partial charge on any atom is 0.270 e. The number of benzene rings is 1. The van der Waals surface area contributed by atoms with Crippen LogP contribution in [0.25, 0.3) is 0 Å². The molecular weight excluding hydrogens is 296 g/mol. The van der Waals surface area contributed by atoms with E-state index in [1.165, 1.54) is 11.1 Å². The molecule has 1 aliphatic rings. The van der Waals surface area contributed by atoms with Crippen molar-refractivity contribution in [3.63, 3.8) is 0 Å². The molecule has 0 unspecified atom stereocenters. The van der Waals surface area contributed by atoms with Crippen LogP contribution in [-0.4, -0.2) is 24.0 Å². The van der Waals surface area contributed by atoms with Crippen LogP contribution in [-0.2, 0) is 17.6 Å². The maximum absolute atomic E-state index is 12.2. The second-order valence-electron chi connectivity index (χ2n) is 5.39. The van der Waals surface area contributed by atoms with Crippen molar-refractivity contribution in [3.05, 3.63) is 51.5 Å². The summed E-state index contributed by atoms with van der Waals surface area (Å²) >= 11 is 1.55. The van der Waals surface area contributed by atoms with Crippen molar-refractivity contribution in [1.29, 1.82) is 0 Å². The molecule has 0 aliphatic carbocycles. The van der Waals surface area contributed by atoms with Crippen LogP contribution in [0.5, 0.6) is 0 Å². The molecule has 1 aromatic carbocycles. The van der Waals surface area contributed by atoms with Gasteiger partial charge in [-0.1, -0.05) is 31.2 Å². The van der Waals surface area contributed by atoms with Crippen molar-refractivity contribution in [2.75, 3.05) is 13.2 Å². The minimum Gasteiger partial charge on any atom is -0.371 e. The predicted molar refractivity (Wildman–Crippen MR) is 87.3 cm³/mol. The van der Waals surface area contributed by atoms with Crippen LogP contribution in [0.1, 0.15) is 46.1 Å². The van der Waals surface area contributed by atoms with Gasteiger partial charge >= 0.3 is 0 Å². The lowest BCUT2D eigenvalue weighted by Crippen LogP contribution is -2.32. The van der Waals surface area contributed by atoms with Gasteiger partial charge in [-0.2, -0.15) is 0 Å². The van der Waals surface area contributed by atoms with E-state index in [-0.39, 0.29) is 12.0 Å². The van der Waals surface area contributed by atoms with Crippen molar-refractivity contribution in [3.8, 4) is 0 Å². The van der Waals surface area contributed by atoms with E-state index in [0.717, 1.165) is 24.3 Å². The van der Waals surface area contributed by atoms with Gasteiger partial charge in [0.1, 0.15) is 11.8 Å². The first-order valence-electron chi connectivity index (χ1n) is 7.70. The van der Waals surface area contributed by atoms with Crippen LogP contribution in [0.3, 0.4) is 0 Å². The number of thiazole rings is 1. The van der Waals surface area contributed by atoms with Crippen molar-refractivity contribution < 1.29 is 9.53 Å². The Labute approximate surface area is 134 Å². The highest BCUT2D eigenvalue weighted by Gasteiger charge is 2.21. The second kappa shape index (κ2) is 7.03. The Morgan fingerprint density at radius 1 is 1.45 bits per heavy atom. The molecule has 1 amide bonds. The molecule has 4 nitrogen and oxygen atoms in total. The Kier molecular flexibility index (Phi) is 4.85. The third-order valence-corrected chi connectivity index (χ3v) is 4.70. The van der Waals surface area contributed by atoms with Gasteiger partial charge in [-0.15, -0.1) is 11.3 Å². The molecule has 0 bridgehead atoms. The van der Waals surface area contributed by atoms with Crippen LogP contribution in [0, 0.1) is 0 Å². The van der Waals surface area contributed by atoms with Gasteiger partial charge in [0.05, 0.1) is 11.6 Å². The highest BCUT2D eigenvalue weighted by Crippen LogP contribution is 2.26. The summed E-state index contributed by atoms with van der Waals surface area (Å²) < 4.78 is 5.80. The molecule has 1 atom stereocenters. The Hall–Kier alpha value is -1.72. The summed E-state index contributed by atoms with van der Waals surface area (Å²) in [6.07, 6.45) is 2.84. The van der Waals surface area contributed by atoms with Crippen LogP contribution < -0.4 is 5.32 Å². The Balaban J connectivity index is 1.61. The van der Waals surface area contributed by atoms with Crippen molar-refractivity contribution >= 4 is 17.2 Å². The molecule has 0 saturated carbocycles. The molecule has 5 heteroatoms. The second-order valence-corrected chi connectivity index (χ2v) is 6.34. The predicted octanol–water partition coefficient (Wildman–Crippen LogP) is 3.14. The highest BCUT2D eigenvalue weighted by molar-refractivity contribution is 7.09. The highest BCUT2D eigenvalue weighted by atomic mass is 32.1. The number of hydrogen-bond donors (Lipinski definition) is 1. The first kappa shape index (κ1) is 15.2. The molecule has 0 spiro atoms. The lowest BCUT2D eigenvalue weighted by molar-refractivity contribution is 0.0411. The number of carbonyl (C=O) groups excluding carboxylic acids is 1. The summed E-state index contributed by atoms with van der Waals surface area (Å²) in [7, 11) is 0. The van der Waals surface area contributed by atoms with Crippen LogP contribution >= 0.6 is 11.3 Å². The van der Waals surface area contributed by atoms with E-state index in [2.05, 4.69) is 29.4 Å². The molecule has 0 saturated heterocycles. The molecule has 1 N–H and O–H groups in total. The first-order valence-corrected chi connectivity index (χ1v) is 8.58. The molecule has 2 heterocycles. The van der Waals surface area contributed by atoms with Crippen LogP contribution in [0.2, 0.25) is 0 Å². The number of fused-ring (bicyclic) bond motifs is 1. The van der Waals surface area contributed by atoms with E-state index >= 15 is 0 Å². The van der Waals surface area contributed by atoms with Crippen molar-refractivity contribution in [2.24, 2.45) is 0 Å². The maximum atomic E-state index is 12.2. The Morgan fingerprint density at radius 2 is 2.32 bits per heavy atom. The lowest BCUT2D eigenvalue weighted by Gasteiger charge is -2.26. The van der Waals surface area contributed by atoms with E-state index in [1.54, 1.807) is 11.3 Å². The van der Waals surface area contributed by atoms with E-state index in [0.29, 0.717) is 18.8 Å². The third kappa shape index (κ3) is 3.36. The molecule has 1 aromatic heterocycles. The molecule has 2 aromatic rings. The molecule has 116 valence electrons. The quantitative estimate of drug-likeness (QED) is 0.922. The Bertz CT molecular complexity index is 654. The van der Waals surface area contributed by atoms with Gasteiger partial charge < -0.3 is 10.1 Å². The van der Waals surface area contributed by atoms with Crippen molar-refractivity contribution in [2.45, 2.75) is 32.3 Å². The minimum absolute atomic E-state index is 0.0670. The molecule has 1 aliphatic heterocycles. The minimum atomic E-state index is -0.120. The number of nitrogens with one attached hydrogen (secondary N) is 1. The molecular formula is C17H20N2O2S. The van der Waals surface area contributed by atoms with Crippen LogP contribution in [0.15, 0.2) is 29.6 Å². The first-order chi connectivity index (χ1) is 10.8. The zero-order valence-corrected chi connectivity index (χ0v) is 13.5. The Morgan fingerprint density at radius 3 is 3.18 bits per heavy atom. The van der Waals surface area contributed by atoms with E-state index in [9.17, 15) is 4.79 Å². The number of amides is 1. The number of aryl methyl sites for hydroxylation is 1. The number of carbonyl (C=O) groups is 1. The van der Waals surface area contributed by atoms with Gasteiger partial charge in [0.15, 0.2) is 0 Å². The average molecular weight is 316 g/mol. The summed E-state index contributed by atoms with van der Waals surface area (Å²) in [4.78, 5) is 16.6. The number of aromatic nitrogens is 1. The normalized spacial score (nSPS) is 17.0. The number of nitrogens with zero attached hydrogens (tertiary/aromatic N) is 1. The summed E-state index contributed by atoms with van der Waals surface area (Å²) in [5, 5.41) is 5.79. The van der Waals surface area contributed by atoms with E-state index in [1.807, 2.05) is 17.5 Å². The molecule has 22 heavy (non-hydrogen) atoms. The fourth-order valence-electron chi connectivity index (χ4n) is 2.67. The van der Waals surface area contributed by atoms with Gasteiger partial charge in [0.2, 0.25) is 0 Å². The fourth-order valence-corrected chi connectivity index (χ4v) is 3.55. The zero-order valence-electron chi connectivity index (χ0n) is 12.7.